The summed E-state index contributed by atoms with van der Waals surface area (Å²) in [5, 5.41) is 3.97. The third-order valence-electron chi connectivity index (χ3n) is 2.47. The van der Waals surface area contributed by atoms with Gasteiger partial charge in [-0.15, -0.1) is 0 Å². The van der Waals surface area contributed by atoms with Crippen LogP contribution < -0.4 is 5.73 Å². The molecule has 0 aromatic carbocycles. The summed E-state index contributed by atoms with van der Waals surface area (Å²) in [6.45, 7) is 8.33. The van der Waals surface area contributed by atoms with Crippen LogP contribution in [-0.2, 0) is 6.42 Å². The predicted octanol–water partition coefficient (Wildman–Crippen LogP) is 2.11. The molecule has 0 aliphatic rings. The van der Waals surface area contributed by atoms with Crippen LogP contribution in [0.2, 0.25) is 0 Å². The zero-order valence-corrected chi connectivity index (χ0v) is 10.0. The molecule has 2 atom stereocenters. The summed E-state index contributed by atoms with van der Waals surface area (Å²) >= 11 is 0. The molecule has 0 aliphatic carbocycles. The largest absolute Gasteiger partial charge is 0.339 e. The van der Waals surface area contributed by atoms with E-state index < -0.39 is 0 Å². The lowest BCUT2D eigenvalue weighted by Gasteiger charge is -2.13. The van der Waals surface area contributed by atoms with Crippen LogP contribution in [0.4, 0.5) is 0 Å². The van der Waals surface area contributed by atoms with Gasteiger partial charge >= 0.3 is 0 Å². The lowest BCUT2D eigenvalue weighted by molar-refractivity contribution is 0.330. The predicted molar refractivity (Wildman–Crippen MR) is 59.5 cm³/mol. The van der Waals surface area contributed by atoms with E-state index in [4.69, 9.17) is 10.3 Å². The SMILES string of the molecule is CCC(c1nc(CC(C)C)no1)C(C)N. The average Bonchev–Trinajstić information content (AvgIpc) is 2.52. The first-order chi connectivity index (χ1) is 7.04. The molecule has 1 aromatic rings. The smallest absolute Gasteiger partial charge is 0.231 e. The van der Waals surface area contributed by atoms with Crippen LogP contribution in [0, 0.1) is 5.92 Å². The van der Waals surface area contributed by atoms with E-state index in [-0.39, 0.29) is 12.0 Å². The van der Waals surface area contributed by atoms with Gasteiger partial charge in [0.25, 0.3) is 0 Å². The maximum atomic E-state index is 5.86. The van der Waals surface area contributed by atoms with Gasteiger partial charge in [-0.2, -0.15) is 4.98 Å². The van der Waals surface area contributed by atoms with Gasteiger partial charge < -0.3 is 10.3 Å². The number of rotatable bonds is 5. The molecule has 0 bridgehead atoms. The molecule has 1 heterocycles. The first kappa shape index (κ1) is 12.2. The van der Waals surface area contributed by atoms with Gasteiger partial charge in [-0.25, -0.2) is 0 Å². The maximum Gasteiger partial charge on any atom is 0.231 e. The second kappa shape index (κ2) is 5.26. The molecule has 0 fully saturated rings. The van der Waals surface area contributed by atoms with Crippen LogP contribution in [0.5, 0.6) is 0 Å². The third-order valence-corrected chi connectivity index (χ3v) is 2.47. The van der Waals surface area contributed by atoms with Crippen molar-refractivity contribution in [2.45, 2.75) is 52.5 Å². The van der Waals surface area contributed by atoms with Gasteiger partial charge in [0, 0.05) is 12.5 Å². The standard InChI is InChI=1S/C11H21N3O/c1-5-9(8(4)12)11-13-10(14-15-11)6-7(2)3/h7-9H,5-6,12H2,1-4H3. The Labute approximate surface area is 91.2 Å². The summed E-state index contributed by atoms with van der Waals surface area (Å²) in [6, 6.07) is 0.0577. The monoisotopic (exact) mass is 211 g/mol. The van der Waals surface area contributed by atoms with Crippen molar-refractivity contribution >= 4 is 0 Å². The average molecular weight is 211 g/mol. The molecule has 2 unspecified atom stereocenters. The molecule has 0 spiro atoms. The minimum absolute atomic E-state index is 0.0577. The van der Waals surface area contributed by atoms with Crippen LogP contribution in [0.1, 0.15) is 51.7 Å². The molecule has 15 heavy (non-hydrogen) atoms. The number of hydrogen-bond donors (Lipinski definition) is 1. The summed E-state index contributed by atoms with van der Waals surface area (Å²) in [5.74, 6) is 2.20. The molecule has 4 nitrogen and oxygen atoms in total. The van der Waals surface area contributed by atoms with Crippen molar-refractivity contribution in [3.63, 3.8) is 0 Å². The van der Waals surface area contributed by atoms with Crippen LogP contribution in [0.3, 0.4) is 0 Å². The quantitative estimate of drug-likeness (QED) is 0.810. The van der Waals surface area contributed by atoms with E-state index in [1.165, 1.54) is 0 Å². The Kier molecular flexibility index (Phi) is 4.27. The zero-order chi connectivity index (χ0) is 11.4. The van der Waals surface area contributed by atoms with E-state index in [0.29, 0.717) is 11.8 Å². The fourth-order valence-electron chi connectivity index (χ4n) is 1.64. The van der Waals surface area contributed by atoms with Gasteiger partial charge in [-0.3, -0.25) is 0 Å². The normalized spacial score (nSPS) is 15.6. The van der Waals surface area contributed by atoms with E-state index in [1.54, 1.807) is 0 Å². The minimum Gasteiger partial charge on any atom is -0.339 e. The molecule has 0 amide bonds. The highest BCUT2D eigenvalue weighted by Crippen LogP contribution is 2.20. The van der Waals surface area contributed by atoms with Gasteiger partial charge in [-0.1, -0.05) is 25.9 Å². The van der Waals surface area contributed by atoms with E-state index in [1.807, 2.05) is 6.92 Å². The maximum absolute atomic E-state index is 5.86. The Bertz CT molecular complexity index is 294. The van der Waals surface area contributed by atoms with Gasteiger partial charge in [0.1, 0.15) is 0 Å². The van der Waals surface area contributed by atoms with Crippen molar-refractivity contribution in [3.8, 4) is 0 Å². The van der Waals surface area contributed by atoms with E-state index in [9.17, 15) is 0 Å². The summed E-state index contributed by atoms with van der Waals surface area (Å²) in [7, 11) is 0. The Balaban J connectivity index is 2.73. The number of nitrogens with zero attached hydrogens (tertiary/aromatic N) is 2. The zero-order valence-electron chi connectivity index (χ0n) is 10.0. The summed E-state index contributed by atoms with van der Waals surface area (Å²) < 4.78 is 5.24. The molecule has 2 N–H and O–H groups in total. The van der Waals surface area contributed by atoms with Crippen LogP contribution >= 0.6 is 0 Å². The number of nitrogens with two attached hydrogens (primary N) is 1. The molecule has 0 saturated heterocycles. The molecule has 0 radical (unpaired) electrons. The number of hydrogen-bond acceptors (Lipinski definition) is 4. The first-order valence-electron chi connectivity index (χ1n) is 5.62. The van der Waals surface area contributed by atoms with Crippen molar-refractivity contribution < 1.29 is 4.52 Å². The summed E-state index contributed by atoms with van der Waals surface area (Å²) in [5.41, 5.74) is 5.86. The van der Waals surface area contributed by atoms with Crippen molar-refractivity contribution in [1.29, 1.82) is 0 Å². The molecule has 0 aliphatic heterocycles. The lowest BCUT2D eigenvalue weighted by Crippen LogP contribution is -2.24. The highest BCUT2D eigenvalue weighted by atomic mass is 16.5. The lowest BCUT2D eigenvalue weighted by atomic mass is 9.99. The topological polar surface area (TPSA) is 64.9 Å². The summed E-state index contributed by atoms with van der Waals surface area (Å²) in [4.78, 5) is 4.39. The summed E-state index contributed by atoms with van der Waals surface area (Å²) in [6.07, 6.45) is 1.79. The Morgan fingerprint density at radius 3 is 2.47 bits per heavy atom. The molecule has 4 heteroatoms. The van der Waals surface area contributed by atoms with Gasteiger partial charge in [0.15, 0.2) is 5.82 Å². The van der Waals surface area contributed by atoms with Crippen molar-refractivity contribution in [2.24, 2.45) is 11.7 Å². The fraction of sp³-hybridized carbons (Fsp3) is 0.818. The molecule has 1 aromatic heterocycles. The van der Waals surface area contributed by atoms with E-state index >= 15 is 0 Å². The van der Waals surface area contributed by atoms with E-state index in [0.717, 1.165) is 18.7 Å². The molecule has 0 saturated carbocycles. The van der Waals surface area contributed by atoms with Crippen molar-refractivity contribution in [2.75, 3.05) is 0 Å². The highest BCUT2D eigenvalue weighted by Gasteiger charge is 2.21. The van der Waals surface area contributed by atoms with Crippen LogP contribution in [0.25, 0.3) is 0 Å². The van der Waals surface area contributed by atoms with Crippen LogP contribution in [0.15, 0.2) is 4.52 Å². The second-order valence-electron chi connectivity index (χ2n) is 4.52. The van der Waals surface area contributed by atoms with Crippen LogP contribution in [-0.4, -0.2) is 16.2 Å². The Morgan fingerprint density at radius 1 is 1.33 bits per heavy atom. The van der Waals surface area contributed by atoms with Crippen molar-refractivity contribution in [1.82, 2.24) is 10.1 Å². The molecule has 1 rings (SSSR count). The Morgan fingerprint density at radius 2 is 2.00 bits per heavy atom. The van der Waals surface area contributed by atoms with Gasteiger partial charge in [0.2, 0.25) is 5.89 Å². The van der Waals surface area contributed by atoms with Crippen molar-refractivity contribution in [3.05, 3.63) is 11.7 Å². The first-order valence-corrected chi connectivity index (χ1v) is 5.62. The highest BCUT2D eigenvalue weighted by molar-refractivity contribution is 4.97. The molecular weight excluding hydrogens is 190 g/mol. The molecule has 86 valence electrons. The fourth-order valence-corrected chi connectivity index (χ4v) is 1.64. The third kappa shape index (κ3) is 3.30. The van der Waals surface area contributed by atoms with E-state index in [2.05, 4.69) is 30.9 Å². The number of aromatic nitrogens is 2. The van der Waals surface area contributed by atoms with Gasteiger partial charge in [-0.05, 0) is 19.3 Å². The minimum atomic E-state index is 0.0577. The second-order valence-corrected chi connectivity index (χ2v) is 4.52. The Hall–Kier alpha value is -0.900. The van der Waals surface area contributed by atoms with Gasteiger partial charge in [0.05, 0.1) is 5.92 Å². The molecular formula is C11H21N3O.